The van der Waals surface area contributed by atoms with Crippen molar-refractivity contribution >= 4 is 23.4 Å². The van der Waals surface area contributed by atoms with Crippen LogP contribution in [-0.4, -0.2) is 32.1 Å². The first kappa shape index (κ1) is 22.2. The molecule has 168 valence electrons. The Balaban J connectivity index is 1.39. The molecule has 4 rings (SSSR count). The lowest BCUT2D eigenvalue weighted by Crippen LogP contribution is -2.40. The number of nitrogens with two attached hydrogens (primary N) is 1. The van der Waals surface area contributed by atoms with Crippen LogP contribution in [0.25, 0.3) is 0 Å². The minimum Gasteiger partial charge on any atom is -0.486 e. The first-order chi connectivity index (χ1) is 15.3. The second kappa shape index (κ2) is 9.24. The van der Waals surface area contributed by atoms with Gasteiger partial charge in [0.1, 0.15) is 12.4 Å². The lowest BCUT2D eigenvalue weighted by molar-refractivity contribution is -0.118. The van der Waals surface area contributed by atoms with Crippen LogP contribution in [0.5, 0.6) is 5.75 Å². The molecule has 7 nitrogen and oxygen atoms in total. The van der Waals surface area contributed by atoms with E-state index in [9.17, 15) is 4.79 Å². The molecule has 0 fully saturated rings. The molecule has 2 unspecified atom stereocenters. The Kier molecular flexibility index (Phi) is 6.41. The van der Waals surface area contributed by atoms with Gasteiger partial charge in [0, 0.05) is 11.7 Å². The third-order valence-electron chi connectivity index (χ3n) is 5.72. The lowest BCUT2D eigenvalue weighted by atomic mass is 10.0. The van der Waals surface area contributed by atoms with E-state index in [2.05, 4.69) is 49.2 Å². The number of para-hydroxylation sites is 1. The molecule has 1 aliphatic rings. The maximum absolute atomic E-state index is 13.2. The van der Waals surface area contributed by atoms with E-state index in [1.54, 1.807) is 0 Å². The van der Waals surface area contributed by atoms with Crippen LogP contribution < -0.4 is 15.5 Å². The Labute approximate surface area is 192 Å². The van der Waals surface area contributed by atoms with Gasteiger partial charge in [-0.1, -0.05) is 55.9 Å². The molecule has 0 saturated heterocycles. The highest BCUT2D eigenvalue weighted by atomic mass is 32.2. The molecule has 1 amide bonds. The summed E-state index contributed by atoms with van der Waals surface area (Å²) in [6, 6.07) is 16.2. The summed E-state index contributed by atoms with van der Waals surface area (Å²) in [7, 11) is 0. The minimum atomic E-state index is -0.354. The molecule has 2 heterocycles. The molecule has 2 N–H and O–H groups in total. The molecule has 0 spiro atoms. The van der Waals surface area contributed by atoms with E-state index in [1.807, 2.05) is 42.2 Å². The fraction of sp³-hybridized carbons (Fsp3) is 0.375. The zero-order chi connectivity index (χ0) is 22.8. The van der Waals surface area contributed by atoms with Crippen molar-refractivity contribution in [2.24, 2.45) is 0 Å². The lowest BCUT2D eigenvalue weighted by Gasteiger charge is -2.25. The van der Waals surface area contributed by atoms with E-state index >= 15 is 0 Å². The molecule has 32 heavy (non-hydrogen) atoms. The maximum atomic E-state index is 13.2. The third kappa shape index (κ3) is 4.46. The van der Waals surface area contributed by atoms with Crippen molar-refractivity contribution in [3.05, 3.63) is 65.5 Å². The monoisotopic (exact) mass is 451 g/mol. The quantitative estimate of drug-likeness (QED) is 0.429. The Morgan fingerprint density at radius 3 is 2.59 bits per heavy atom. The molecule has 8 heteroatoms. The van der Waals surface area contributed by atoms with Crippen LogP contribution >= 0.6 is 11.8 Å². The number of fused-ring (bicyclic) bond motifs is 1. The van der Waals surface area contributed by atoms with Gasteiger partial charge in [-0.2, -0.15) is 0 Å². The van der Waals surface area contributed by atoms with Gasteiger partial charge in [0.15, 0.2) is 5.82 Å². The number of aromatic nitrogens is 3. The number of amides is 1. The normalized spacial score (nSPS) is 16.3. The van der Waals surface area contributed by atoms with Crippen LogP contribution in [0.2, 0.25) is 0 Å². The molecule has 1 aliphatic heterocycles. The Bertz CT molecular complexity index is 1100. The van der Waals surface area contributed by atoms with E-state index in [0.29, 0.717) is 16.9 Å². The number of rotatable bonds is 7. The number of carbonyl (C=O) groups is 1. The predicted octanol–water partition coefficient (Wildman–Crippen LogP) is 4.15. The number of nitrogens with zero attached hydrogens (tertiary/aromatic N) is 4. The van der Waals surface area contributed by atoms with Crippen molar-refractivity contribution < 1.29 is 9.53 Å². The summed E-state index contributed by atoms with van der Waals surface area (Å²) in [4.78, 5) is 15.1. The van der Waals surface area contributed by atoms with E-state index in [-0.39, 0.29) is 23.8 Å². The maximum Gasteiger partial charge on any atom is 0.240 e. The van der Waals surface area contributed by atoms with Gasteiger partial charge in [-0.15, -0.1) is 10.2 Å². The fourth-order valence-corrected chi connectivity index (χ4v) is 4.73. The van der Waals surface area contributed by atoms with Crippen molar-refractivity contribution in [1.29, 1.82) is 0 Å². The largest absolute Gasteiger partial charge is 0.486 e. The molecule has 1 aromatic heterocycles. The number of nitrogen functional groups attached to an aromatic ring is 1. The number of anilines is 1. The van der Waals surface area contributed by atoms with Crippen molar-refractivity contribution in [2.75, 3.05) is 10.7 Å². The van der Waals surface area contributed by atoms with Gasteiger partial charge in [0.05, 0.1) is 5.25 Å². The molecule has 0 radical (unpaired) electrons. The molecule has 2 atom stereocenters. The highest BCUT2D eigenvalue weighted by Gasteiger charge is 2.34. The molecule has 0 aliphatic carbocycles. The fourth-order valence-electron chi connectivity index (χ4n) is 3.89. The van der Waals surface area contributed by atoms with Crippen LogP contribution in [0.4, 0.5) is 5.69 Å². The summed E-state index contributed by atoms with van der Waals surface area (Å²) >= 11 is 1.31. The van der Waals surface area contributed by atoms with Crippen LogP contribution in [-0.2, 0) is 17.8 Å². The van der Waals surface area contributed by atoms with E-state index < -0.39 is 0 Å². The van der Waals surface area contributed by atoms with Crippen LogP contribution in [0.3, 0.4) is 0 Å². The number of carbonyl (C=O) groups excluding carboxylic acids is 1. The molecular weight excluding hydrogens is 422 g/mol. The topological polar surface area (TPSA) is 86.3 Å². The molecule has 0 bridgehead atoms. The van der Waals surface area contributed by atoms with Gasteiger partial charge in [-0.25, -0.2) is 4.68 Å². The summed E-state index contributed by atoms with van der Waals surface area (Å²) in [6.45, 7) is 8.46. The van der Waals surface area contributed by atoms with Gasteiger partial charge in [-0.05, 0) is 55.5 Å². The number of benzene rings is 2. The van der Waals surface area contributed by atoms with Crippen molar-refractivity contribution in [3.8, 4) is 5.75 Å². The standard InChI is InChI=1S/C24H29N5O2S/c1-15(2)18-9-11-20(12-10-18)31-14-22-26-27-24(29(22)25)32-17(4)23(30)28-16(3)13-19-7-5-6-8-21(19)28/h5-12,15-17H,13-14,25H2,1-4H3. The van der Waals surface area contributed by atoms with E-state index in [4.69, 9.17) is 10.6 Å². The second-order valence-electron chi connectivity index (χ2n) is 8.43. The molecule has 0 saturated carbocycles. The van der Waals surface area contributed by atoms with Crippen molar-refractivity contribution in [2.45, 2.75) is 63.1 Å². The van der Waals surface area contributed by atoms with Gasteiger partial charge in [-0.3, -0.25) is 4.79 Å². The average molecular weight is 452 g/mol. The molecule has 3 aromatic rings. The predicted molar refractivity (Wildman–Crippen MR) is 127 cm³/mol. The SMILES string of the molecule is CC(Sc1nnc(COc2ccc(C(C)C)cc2)n1N)C(=O)N1c2ccccc2CC1C. The molecule has 2 aromatic carbocycles. The van der Waals surface area contributed by atoms with E-state index in [1.165, 1.54) is 27.6 Å². The number of thioether (sulfide) groups is 1. The van der Waals surface area contributed by atoms with Crippen LogP contribution in [0.1, 0.15) is 50.6 Å². The Morgan fingerprint density at radius 2 is 1.88 bits per heavy atom. The summed E-state index contributed by atoms with van der Waals surface area (Å²) in [5.41, 5.74) is 3.45. The van der Waals surface area contributed by atoms with Crippen molar-refractivity contribution in [3.63, 3.8) is 0 Å². The Morgan fingerprint density at radius 1 is 1.16 bits per heavy atom. The van der Waals surface area contributed by atoms with Gasteiger partial charge < -0.3 is 15.5 Å². The van der Waals surface area contributed by atoms with Crippen molar-refractivity contribution in [1.82, 2.24) is 14.9 Å². The third-order valence-corrected chi connectivity index (χ3v) is 6.77. The van der Waals surface area contributed by atoms with Gasteiger partial charge in [0.2, 0.25) is 11.1 Å². The summed E-state index contributed by atoms with van der Waals surface area (Å²) < 4.78 is 7.22. The Hall–Kier alpha value is -3.00. The van der Waals surface area contributed by atoms with E-state index in [0.717, 1.165) is 17.9 Å². The highest BCUT2D eigenvalue weighted by molar-refractivity contribution is 8.00. The number of ether oxygens (including phenoxy) is 1. The van der Waals surface area contributed by atoms with Gasteiger partial charge >= 0.3 is 0 Å². The zero-order valence-corrected chi connectivity index (χ0v) is 19.7. The highest BCUT2D eigenvalue weighted by Crippen LogP contribution is 2.34. The number of hydrogen-bond acceptors (Lipinski definition) is 6. The van der Waals surface area contributed by atoms with Crippen LogP contribution in [0.15, 0.2) is 53.7 Å². The molecular formula is C24H29N5O2S. The smallest absolute Gasteiger partial charge is 0.240 e. The second-order valence-corrected chi connectivity index (χ2v) is 9.74. The number of hydrogen-bond donors (Lipinski definition) is 1. The van der Waals surface area contributed by atoms with Crippen LogP contribution in [0, 0.1) is 0 Å². The minimum absolute atomic E-state index is 0.0403. The van der Waals surface area contributed by atoms with Gasteiger partial charge in [0.25, 0.3) is 0 Å². The first-order valence-corrected chi connectivity index (χ1v) is 11.7. The average Bonchev–Trinajstić information content (AvgIpc) is 3.30. The summed E-state index contributed by atoms with van der Waals surface area (Å²) in [6.07, 6.45) is 0.867. The zero-order valence-electron chi connectivity index (χ0n) is 18.9. The summed E-state index contributed by atoms with van der Waals surface area (Å²) in [5, 5.41) is 8.46. The summed E-state index contributed by atoms with van der Waals surface area (Å²) in [5.74, 6) is 7.96. The first-order valence-electron chi connectivity index (χ1n) is 10.8.